The highest BCUT2D eigenvalue weighted by atomic mass is 35.5. The average molecular weight is 432 g/mol. The molecule has 0 fully saturated rings. The first-order valence-corrected chi connectivity index (χ1v) is 10.1. The molecule has 3 rings (SSSR count). The molecule has 0 radical (unpaired) electrons. The van der Waals surface area contributed by atoms with Gasteiger partial charge in [-0.25, -0.2) is 4.79 Å². The van der Waals surface area contributed by atoms with Crippen LogP contribution in [0.3, 0.4) is 0 Å². The molecule has 0 bridgehead atoms. The van der Waals surface area contributed by atoms with Crippen molar-refractivity contribution in [1.29, 1.82) is 0 Å². The van der Waals surface area contributed by atoms with Crippen LogP contribution >= 0.6 is 11.6 Å². The van der Waals surface area contributed by atoms with Crippen molar-refractivity contribution in [3.05, 3.63) is 63.9 Å². The van der Waals surface area contributed by atoms with Gasteiger partial charge >= 0.3 is 6.03 Å². The Morgan fingerprint density at radius 1 is 1.27 bits per heavy atom. The van der Waals surface area contributed by atoms with E-state index in [2.05, 4.69) is 10.3 Å². The maximum Gasteiger partial charge on any atom is 0.322 e. The number of nitrogens with one attached hydrogen (secondary N) is 1. The average Bonchev–Trinajstić information content (AvgIpc) is 2.75. The first kappa shape index (κ1) is 22.2. The quantitative estimate of drug-likeness (QED) is 0.582. The van der Waals surface area contributed by atoms with Crippen LogP contribution in [0.2, 0.25) is 5.02 Å². The molecular formula is C22H26ClN3O4. The molecule has 160 valence electrons. The van der Waals surface area contributed by atoms with Crippen LogP contribution in [-0.4, -0.2) is 57.0 Å². The van der Waals surface area contributed by atoms with Gasteiger partial charge in [0.05, 0.1) is 12.3 Å². The summed E-state index contributed by atoms with van der Waals surface area (Å²) in [4.78, 5) is 18.7. The topological polar surface area (TPSA) is 106 Å². The van der Waals surface area contributed by atoms with E-state index in [1.165, 1.54) is 6.20 Å². The summed E-state index contributed by atoms with van der Waals surface area (Å²) < 4.78 is 0. The summed E-state index contributed by atoms with van der Waals surface area (Å²) in [5.41, 5.74) is 4.74. The Morgan fingerprint density at radius 2 is 2.03 bits per heavy atom. The largest absolute Gasteiger partial charge is 0.394 e. The number of carbonyl (C=O) groups excluding carboxylic acids is 1. The van der Waals surface area contributed by atoms with Crippen LogP contribution < -0.4 is 5.32 Å². The molecule has 4 N–H and O–H groups in total. The van der Waals surface area contributed by atoms with E-state index in [1.807, 2.05) is 32.1 Å². The van der Waals surface area contributed by atoms with Crippen molar-refractivity contribution in [2.75, 3.05) is 25.0 Å². The first-order chi connectivity index (χ1) is 14.3. The van der Waals surface area contributed by atoms with Gasteiger partial charge in [0.1, 0.15) is 12.2 Å². The smallest absolute Gasteiger partial charge is 0.322 e. The summed E-state index contributed by atoms with van der Waals surface area (Å²) in [5.74, 6) is 0. The van der Waals surface area contributed by atoms with Gasteiger partial charge < -0.3 is 25.5 Å². The van der Waals surface area contributed by atoms with Crippen LogP contribution in [0.5, 0.6) is 0 Å². The number of pyridine rings is 1. The third-order valence-corrected chi connectivity index (χ3v) is 5.62. The molecule has 30 heavy (non-hydrogen) atoms. The molecule has 0 saturated heterocycles. The Labute approximate surface area is 180 Å². The van der Waals surface area contributed by atoms with E-state index in [4.69, 9.17) is 16.7 Å². The van der Waals surface area contributed by atoms with Gasteiger partial charge in [-0.15, -0.1) is 0 Å². The number of carbonyl (C=O) groups is 1. The highest BCUT2D eigenvalue weighted by Gasteiger charge is 2.22. The summed E-state index contributed by atoms with van der Waals surface area (Å²) in [6.45, 7) is 4.26. The van der Waals surface area contributed by atoms with E-state index in [-0.39, 0.29) is 6.03 Å². The number of anilines is 1. The van der Waals surface area contributed by atoms with Crippen molar-refractivity contribution in [1.82, 2.24) is 9.88 Å². The zero-order chi connectivity index (χ0) is 21.8. The maximum atomic E-state index is 12.5. The van der Waals surface area contributed by atoms with Gasteiger partial charge in [-0.05, 0) is 55.2 Å². The summed E-state index contributed by atoms with van der Waals surface area (Å²) in [6, 6.07) is 6.98. The molecule has 0 unspecified atom stereocenters. The zero-order valence-electron chi connectivity index (χ0n) is 17.0. The van der Waals surface area contributed by atoms with Crippen molar-refractivity contribution in [2.45, 2.75) is 32.5 Å². The second-order valence-electron chi connectivity index (χ2n) is 7.45. The normalized spacial score (nSPS) is 16.1. The van der Waals surface area contributed by atoms with Crippen LogP contribution in [0.25, 0.3) is 5.57 Å². The van der Waals surface area contributed by atoms with E-state index < -0.39 is 18.8 Å². The summed E-state index contributed by atoms with van der Waals surface area (Å²) in [7, 11) is 0. The molecular weight excluding hydrogens is 406 g/mol. The molecule has 2 heterocycles. The summed E-state index contributed by atoms with van der Waals surface area (Å²) >= 11 is 6.12. The predicted octanol–water partition coefficient (Wildman–Crippen LogP) is 3.06. The second-order valence-corrected chi connectivity index (χ2v) is 7.86. The van der Waals surface area contributed by atoms with Crippen LogP contribution in [-0.2, 0) is 0 Å². The van der Waals surface area contributed by atoms with Crippen molar-refractivity contribution in [2.24, 2.45) is 0 Å². The molecule has 0 aliphatic carbocycles. The lowest BCUT2D eigenvalue weighted by Gasteiger charge is -2.27. The van der Waals surface area contributed by atoms with E-state index in [0.29, 0.717) is 35.8 Å². The number of nitrogens with zero attached hydrogens (tertiary/aromatic N) is 2. The third kappa shape index (κ3) is 4.99. The Kier molecular flexibility index (Phi) is 7.10. The fraction of sp³-hybridized carbons (Fsp3) is 0.364. The SMILES string of the molecule is Cc1ccc(NC(=O)N2CC=C(c3ncc([C@H](O)[C@@H](O)CO)cc3C)CC2)cc1Cl. The number of amides is 2. The Balaban J connectivity index is 1.66. The molecule has 7 nitrogen and oxygen atoms in total. The van der Waals surface area contributed by atoms with Gasteiger partial charge in [0.25, 0.3) is 0 Å². The number of rotatable bonds is 5. The standard InChI is InChI=1S/C22H26ClN3O4/c1-13-3-4-17(10-18(13)23)25-22(30)26-7-5-15(6-8-26)20-14(2)9-16(11-24-20)21(29)19(28)12-27/h3-5,9-11,19,21,27-29H,6-8,12H2,1-2H3,(H,25,30)/t19-,21-/m0/s1. The van der Waals surface area contributed by atoms with Crippen LogP contribution in [0.15, 0.2) is 36.5 Å². The minimum atomic E-state index is -1.25. The molecule has 1 aromatic heterocycles. The molecule has 2 aromatic rings. The molecule has 1 aromatic carbocycles. The van der Waals surface area contributed by atoms with Crippen molar-refractivity contribution in [3.63, 3.8) is 0 Å². The predicted molar refractivity (Wildman–Crippen MR) is 116 cm³/mol. The molecule has 1 aliphatic rings. The minimum absolute atomic E-state index is 0.189. The Hall–Kier alpha value is -2.45. The number of urea groups is 1. The van der Waals surface area contributed by atoms with Crippen LogP contribution in [0.4, 0.5) is 10.5 Å². The minimum Gasteiger partial charge on any atom is -0.394 e. The molecule has 0 spiro atoms. The maximum absolute atomic E-state index is 12.5. The van der Waals surface area contributed by atoms with Gasteiger partial charge in [0, 0.05) is 35.6 Å². The summed E-state index contributed by atoms with van der Waals surface area (Å²) in [5, 5.41) is 32.1. The Bertz CT molecular complexity index is 963. The molecule has 0 saturated carbocycles. The van der Waals surface area contributed by atoms with E-state index >= 15 is 0 Å². The lowest BCUT2D eigenvalue weighted by atomic mass is 9.98. The van der Waals surface area contributed by atoms with Gasteiger partial charge in [-0.2, -0.15) is 0 Å². The number of hydrogen-bond donors (Lipinski definition) is 4. The second kappa shape index (κ2) is 9.57. The summed E-state index contributed by atoms with van der Waals surface area (Å²) in [6.07, 6.45) is 1.69. The zero-order valence-corrected chi connectivity index (χ0v) is 17.7. The lowest BCUT2D eigenvalue weighted by Crippen LogP contribution is -2.38. The van der Waals surface area contributed by atoms with Gasteiger partial charge in [-0.3, -0.25) is 4.98 Å². The number of halogens is 1. The van der Waals surface area contributed by atoms with Crippen molar-refractivity contribution in [3.8, 4) is 0 Å². The lowest BCUT2D eigenvalue weighted by molar-refractivity contribution is -0.0154. The molecule has 8 heteroatoms. The highest BCUT2D eigenvalue weighted by Crippen LogP contribution is 2.27. The highest BCUT2D eigenvalue weighted by molar-refractivity contribution is 6.31. The molecule has 2 atom stereocenters. The van der Waals surface area contributed by atoms with E-state index in [1.54, 1.807) is 17.0 Å². The van der Waals surface area contributed by atoms with E-state index in [0.717, 1.165) is 22.4 Å². The van der Waals surface area contributed by atoms with Crippen molar-refractivity contribution < 1.29 is 20.1 Å². The number of aliphatic hydroxyl groups excluding tert-OH is 3. The van der Waals surface area contributed by atoms with Gasteiger partial charge in [0.2, 0.25) is 0 Å². The molecule has 2 amide bonds. The van der Waals surface area contributed by atoms with Gasteiger partial charge in [-0.1, -0.05) is 23.7 Å². The van der Waals surface area contributed by atoms with Crippen LogP contribution in [0, 0.1) is 13.8 Å². The van der Waals surface area contributed by atoms with E-state index in [9.17, 15) is 15.0 Å². The third-order valence-electron chi connectivity index (χ3n) is 5.22. The first-order valence-electron chi connectivity index (χ1n) is 9.75. The Morgan fingerprint density at radius 3 is 2.63 bits per heavy atom. The molecule has 1 aliphatic heterocycles. The number of aryl methyl sites for hydroxylation is 2. The fourth-order valence-corrected chi connectivity index (χ4v) is 3.54. The number of aliphatic hydroxyl groups is 3. The fourth-order valence-electron chi connectivity index (χ4n) is 3.36. The monoisotopic (exact) mass is 431 g/mol. The van der Waals surface area contributed by atoms with Crippen molar-refractivity contribution >= 4 is 28.9 Å². The van der Waals surface area contributed by atoms with Gasteiger partial charge in [0.15, 0.2) is 0 Å². The number of benzene rings is 1. The number of hydrogen-bond acceptors (Lipinski definition) is 5. The van der Waals surface area contributed by atoms with Crippen LogP contribution in [0.1, 0.15) is 34.9 Å². The number of aromatic nitrogens is 1.